The number of aliphatic carboxylic acids is 1. The second-order valence-corrected chi connectivity index (χ2v) is 15.4. The summed E-state index contributed by atoms with van der Waals surface area (Å²) in [6, 6.07) is 10.9. The van der Waals surface area contributed by atoms with E-state index in [1.54, 1.807) is 0 Å². The molecular formula is C44H66N6O9. The molecule has 0 fully saturated rings. The number of carbonyl (C=O) groups excluding carboxylic acids is 6. The minimum absolute atomic E-state index is 0.0168. The minimum atomic E-state index is -1.32. The number of benzene rings is 2. The summed E-state index contributed by atoms with van der Waals surface area (Å²) in [5.74, 6) is -4.69. The molecule has 59 heavy (non-hydrogen) atoms. The number of carbonyl (C=O) groups is 7. The molecule has 326 valence electrons. The van der Waals surface area contributed by atoms with Gasteiger partial charge in [-0.3, -0.25) is 28.8 Å². The summed E-state index contributed by atoms with van der Waals surface area (Å²) in [4.78, 5) is 86.9. The predicted octanol–water partition coefficient (Wildman–Crippen LogP) is 4.07. The van der Waals surface area contributed by atoms with Gasteiger partial charge in [-0.1, -0.05) is 127 Å². The third-order valence-electron chi connectivity index (χ3n) is 10.4. The van der Waals surface area contributed by atoms with E-state index in [4.69, 9.17) is 11.5 Å². The van der Waals surface area contributed by atoms with Crippen molar-refractivity contribution in [3.8, 4) is 5.75 Å². The van der Waals surface area contributed by atoms with Gasteiger partial charge in [-0.2, -0.15) is 0 Å². The van der Waals surface area contributed by atoms with E-state index in [1.807, 2.05) is 44.2 Å². The summed E-state index contributed by atoms with van der Waals surface area (Å²) in [5.41, 5.74) is 12.3. The fourth-order valence-electron chi connectivity index (χ4n) is 6.64. The highest BCUT2D eigenvalue weighted by Crippen LogP contribution is 2.15. The smallest absolute Gasteiger partial charge is 0.326 e. The molecule has 15 nitrogen and oxygen atoms in total. The van der Waals surface area contributed by atoms with Gasteiger partial charge in [0, 0.05) is 25.7 Å². The first-order valence-corrected chi connectivity index (χ1v) is 21.0. The average molecular weight is 823 g/mol. The normalized spacial score (nSPS) is 13.5. The Bertz CT molecular complexity index is 1620. The van der Waals surface area contributed by atoms with Crippen molar-refractivity contribution in [3.05, 3.63) is 65.7 Å². The fourth-order valence-corrected chi connectivity index (χ4v) is 6.64. The van der Waals surface area contributed by atoms with Crippen molar-refractivity contribution in [2.24, 2.45) is 17.4 Å². The number of aromatic hydroxyl groups is 1. The number of phenolic OH excluding ortho intramolecular Hbond substituents is 1. The number of phenols is 1. The Morgan fingerprint density at radius 1 is 0.576 bits per heavy atom. The number of rotatable bonds is 31. The van der Waals surface area contributed by atoms with E-state index in [0.29, 0.717) is 24.8 Å². The highest BCUT2D eigenvalue weighted by Gasteiger charge is 2.30. The second-order valence-electron chi connectivity index (χ2n) is 15.4. The molecule has 6 amide bonds. The van der Waals surface area contributed by atoms with Crippen LogP contribution in [0, 0.1) is 5.92 Å². The van der Waals surface area contributed by atoms with Gasteiger partial charge in [0.1, 0.15) is 29.9 Å². The molecule has 0 aromatic heterocycles. The number of hydrogen-bond acceptors (Lipinski definition) is 8. The lowest BCUT2D eigenvalue weighted by molar-refractivity contribution is -0.142. The summed E-state index contributed by atoms with van der Waals surface area (Å²) >= 11 is 0. The molecular weight excluding hydrogens is 757 g/mol. The fraction of sp³-hybridized carbons (Fsp3) is 0.568. The number of amides is 6. The molecule has 0 saturated heterocycles. The second kappa shape index (κ2) is 28.0. The monoisotopic (exact) mass is 822 g/mol. The summed E-state index contributed by atoms with van der Waals surface area (Å²) in [7, 11) is 0. The van der Waals surface area contributed by atoms with Crippen LogP contribution in [0.4, 0.5) is 0 Å². The number of hydrogen-bond donors (Lipinski definition) is 8. The van der Waals surface area contributed by atoms with Crippen LogP contribution in [0.3, 0.4) is 0 Å². The molecule has 2 rings (SSSR count). The van der Waals surface area contributed by atoms with Crippen LogP contribution in [0.5, 0.6) is 5.75 Å². The maximum Gasteiger partial charge on any atom is 0.326 e. The van der Waals surface area contributed by atoms with E-state index < -0.39 is 66.1 Å². The molecule has 0 spiro atoms. The zero-order valence-corrected chi connectivity index (χ0v) is 34.7. The SMILES string of the molecule is CCC(C)[C@H](NC(=O)CCCCCCCCCCCCCCC(=O)N[C@@H](CC(N)=O)C(=O)NC(Cc1ccc(O)cc1)C(=O)O)C(=O)N[C@H](Cc1ccccc1)C(N)=O. The number of nitrogens with one attached hydrogen (secondary N) is 4. The maximum atomic E-state index is 13.2. The van der Waals surface area contributed by atoms with Gasteiger partial charge in [0.25, 0.3) is 0 Å². The third-order valence-corrected chi connectivity index (χ3v) is 10.4. The van der Waals surface area contributed by atoms with E-state index >= 15 is 0 Å². The molecule has 2 aromatic carbocycles. The standard InChI is InChI=1S/C44H66N6O9/c1-3-30(2)40(43(57)48-34(41(46)55)27-31-19-15-14-16-20-31)50-39(54)22-18-13-11-9-7-5-4-6-8-10-12-17-21-38(53)47-35(29-37(45)52)42(56)49-36(44(58)59)28-32-23-25-33(51)26-24-32/h14-16,19-20,23-26,30,34-36,40,51H,3-13,17-18,21-22,27-29H2,1-2H3,(H2,45,52)(H2,46,55)(H,47,53)(H,48,57)(H,49,56)(H,50,54)(H,58,59)/t30?,34-,35+,36?,40+/m1/s1. The number of carboxylic acids is 1. The highest BCUT2D eigenvalue weighted by atomic mass is 16.4. The van der Waals surface area contributed by atoms with Crippen molar-refractivity contribution in [2.45, 2.75) is 154 Å². The Morgan fingerprint density at radius 3 is 1.51 bits per heavy atom. The first-order chi connectivity index (χ1) is 28.2. The number of nitrogens with two attached hydrogens (primary N) is 2. The van der Waals surface area contributed by atoms with Gasteiger partial charge < -0.3 is 42.9 Å². The molecule has 0 aliphatic carbocycles. The molecule has 5 atom stereocenters. The Balaban J connectivity index is 1.57. The molecule has 2 unspecified atom stereocenters. The molecule has 0 aliphatic heterocycles. The van der Waals surface area contributed by atoms with Gasteiger partial charge in [0.2, 0.25) is 35.4 Å². The van der Waals surface area contributed by atoms with Gasteiger partial charge in [-0.15, -0.1) is 0 Å². The lowest BCUT2D eigenvalue weighted by Crippen LogP contribution is -2.55. The molecule has 0 bridgehead atoms. The molecule has 2 aromatic rings. The molecule has 0 heterocycles. The Kier molecular flexibility index (Phi) is 23.6. The van der Waals surface area contributed by atoms with E-state index in [-0.39, 0.29) is 36.8 Å². The quantitative estimate of drug-likeness (QED) is 0.0509. The lowest BCUT2D eigenvalue weighted by atomic mass is 9.97. The molecule has 10 N–H and O–H groups in total. The average Bonchev–Trinajstić information content (AvgIpc) is 3.19. The van der Waals surface area contributed by atoms with Crippen LogP contribution in [0.25, 0.3) is 0 Å². The van der Waals surface area contributed by atoms with Crippen molar-refractivity contribution < 1.29 is 43.8 Å². The largest absolute Gasteiger partial charge is 0.508 e. The lowest BCUT2D eigenvalue weighted by Gasteiger charge is -2.26. The van der Waals surface area contributed by atoms with Crippen LogP contribution < -0.4 is 32.7 Å². The zero-order chi connectivity index (χ0) is 43.6. The van der Waals surface area contributed by atoms with Crippen LogP contribution in [-0.4, -0.2) is 75.8 Å². The number of primary amides is 2. The first-order valence-electron chi connectivity index (χ1n) is 21.0. The first kappa shape index (κ1) is 49.7. The minimum Gasteiger partial charge on any atom is -0.508 e. The molecule has 0 radical (unpaired) electrons. The topological polar surface area (TPSA) is 260 Å². The van der Waals surface area contributed by atoms with Gasteiger partial charge in [-0.05, 0) is 42.0 Å². The highest BCUT2D eigenvalue weighted by molar-refractivity contribution is 5.94. The summed E-state index contributed by atoms with van der Waals surface area (Å²) in [5, 5.41) is 29.6. The van der Waals surface area contributed by atoms with Crippen LogP contribution in [-0.2, 0) is 46.4 Å². The van der Waals surface area contributed by atoms with E-state index in [2.05, 4.69) is 21.3 Å². The van der Waals surface area contributed by atoms with Gasteiger partial charge >= 0.3 is 5.97 Å². The van der Waals surface area contributed by atoms with E-state index in [0.717, 1.165) is 76.2 Å². The van der Waals surface area contributed by atoms with Crippen LogP contribution >= 0.6 is 0 Å². The number of unbranched alkanes of at least 4 members (excludes halogenated alkanes) is 11. The van der Waals surface area contributed by atoms with Crippen LogP contribution in [0.15, 0.2) is 54.6 Å². The van der Waals surface area contributed by atoms with Crippen molar-refractivity contribution >= 4 is 41.4 Å². The van der Waals surface area contributed by atoms with Gasteiger partial charge in [0.05, 0.1) is 6.42 Å². The van der Waals surface area contributed by atoms with Crippen LogP contribution in [0.2, 0.25) is 0 Å². The Labute approximate surface area is 348 Å². The Hall–Kier alpha value is -5.47. The van der Waals surface area contributed by atoms with Crippen molar-refractivity contribution in [1.29, 1.82) is 0 Å². The maximum absolute atomic E-state index is 13.2. The number of carboxylic acid groups (broad SMARTS) is 1. The van der Waals surface area contributed by atoms with Crippen LogP contribution in [0.1, 0.15) is 128 Å². The zero-order valence-electron chi connectivity index (χ0n) is 34.7. The van der Waals surface area contributed by atoms with Crippen molar-refractivity contribution in [1.82, 2.24) is 21.3 Å². The summed E-state index contributed by atoms with van der Waals surface area (Å²) < 4.78 is 0. The van der Waals surface area contributed by atoms with E-state index in [1.165, 1.54) is 24.3 Å². The summed E-state index contributed by atoms with van der Waals surface area (Å²) in [6.07, 6.45) is 12.5. The third kappa shape index (κ3) is 21.2. The van der Waals surface area contributed by atoms with Crippen molar-refractivity contribution in [2.75, 3.05) is 0 Å². The molecule has 15 heteroatoms. The predicted molar refractivity (Wildman–Crippen MR) is 224 cm³/mol. The van der Waals surface area contributed by atoms with E-state index in [9.17, 15) is 43.8 Å². The van der Waals surface area contributed by atoms with Gasteiger partial charge in [0.15, 0.2) is 0 Å². The van der Waals surface area contributed by atoms with Crippen molar-refractivity contribution in [3.63, 3.8) is 0 Å². The molecule has 0 saturated carbocycles. The Morgan fingerprint density at radius 2 is 1.03 bits per heavy atom. The summed E-state index contributed by atoms with van der Waals surface area (Å²) in [6.45, 7) is 3.84. The van der Waals surface area contributed by atoms with Gasteiger partial charge in [-0.25, -0.2) is 4.79 Å². The molecule has 0 aliphatic rings.